The van der Waals surface area contributed by atoms with Crippen LogP contribution in [0.4, 0.5) is 0 Å². The number of hydrogen-bond donors (Lipinski definition) is 2. The van der Waals surface area contributed by atoms with Gasteiger partial charge in [0.15, 0.2) is 0 Å². The lowest BCUT2D eigenvalue weighted by Gasteiger charge is -2.28. The van der Waals surface area contributed by atoms with Gasteiger partial charge in [-0.2, -0.15) is 5.10 Å². The van der Waals surface area contributed by atoms with E-state index in [9.17, 15) is 4.79 Å². The fourth-order valence-corrected chi connectivity index (χ4v) is 2.86. The van der Waals surface area contributed by atoms with Gasteiger partial charge in [0.2, 0.25) is 5.91 Å². The molecule has 1 aliphatic rings. The molecule has 6 nitrogen and oxygen atoms in total. The summed E-state index contributed by atoms with van der Waals surface area (Å²) in [5, 5.41) is 6.96. The summed E-state index contributed by atoms with van der Waals surface area (Å²) in [5.41, 5.74) is 6.71. The summed E-state index contributed by atoms with van der Waals surface area (Å²) >= 11 is 0. The Bertz CT molecular complexity index is 458. The van der Waals surface area contributed by atoms with Crippen molar-refractivity contribution in [3.05, 3.63) is 18.0 Å². The number of rotatable bonds is 4. The van der Waals surface area contributed by atoms with E-state index in [0.29, 0.717) is 6.54 Å². The minimum atomic E-state index is -0.315. The first-order chi connectivity index (χ1) is 9.00. The number of likely N-dealkylation sites (tertiary alicyclic amines) is 1. The van der Waals surface area contributed by atoms with Gasteiger partial charge in [-0.1, -0.05) is 0 Å². The Morgan fingerprint density at radius 1 is 1.68 bits per heavy atom. The molecule has 0 saturated carbocycles. The van der Waals surface area contributed by atoms with Crippen LogP contribution in [0.15, 0.2) is 12.4 Å². The first-order valence-corrected chi connectivity index (χ1v) is 6.65. The van der Waals surface area contributed by atoms with Gasteiger partial charge in [-0.05, 0) is 19.9 Å². The van der Waals surface area contributed by atoms with Gasteiger partial charge < -0.3 is 11.1 Å². The van der Waals surface area contributed by atoms with E-state index >= 15 is 0 Å². The van der Waals surface area contributed by atoms with Gasteiger partial charge in [0, 0.05) is 38.9 Å². The van der Waals surface area contributed by atoms with Crippen molar-refractivity contribution < 1.29 is 4.79 Å². The Kier molecular flexibility index (Phi) is 3.91. The molecule has 2 rings (SSSR count). The third kappa shape index (κ3) is 2.64. The maximum Gasteiger partial charge on any atom is 0.227 e. The minimum Gasteiger partial charge on any atom is -0.359 e. The SMILES string of the molecule is CNC(=O)C1(C)CCN(C(CN)c2cnn(C)c2)C1. The van der Waals surface area contributed by atoms with Crippen LogP contribution in [0.2, 0.25) is 0 Å². The summed E-state index contributed by atoms with van der Waals surface area (Å²) in [6, 6.07) is 0.139. The number of carbonyl (C=O) groups is 1. The molecule has 1 saturated heterocycles. The second-order valence-electron chi connectivity index (χ2n) is 5.56. The third-order valence-corrected chi connectivity index (χ3v) is 4.05. The second-order valence-corrected chi connectivity index (χ2v) is 5.56. The normalized spacial score (nSPS) is 25.5. The number of nitrogens with two attached hydrogens (primary N) is 1. The van der Waals surface area contributed by atoms with Crippen LogP contribution < -0.4 is 11.1 Å². The predicted molar refractivity (Wildman–Crippen MR) is 73.4 cm³/mol. The molecule has 0 spiro atoms. The summed E-state index contributed by atoms with van der Waals surface area (Å²) in [6.07, 6.45) is 4.71. The van der Waals surface area contributed by atoms with E-state index in [1.54, 1.807) is 11.7 Å². The summed E-state index contributed by atoms with van der Waals surface area (Å²) in [7, 11) is 3.59. The Labute approximate surface area is 113 Å². The topological polar surface area (TPSA) is 76.2 Å². The van der Waals surface area contributed by atoms with Crippen molar-refractivity contribution >= 4 is 5.91 Å². The molecule has 2 heterocycles. The highest BCUT2D eigenvalue weighted by Gasteiger charge is 2.42. The Hall–Kier alpha value is -1.40. The number of amides is 1. The van der Waals surface area contributed by atoms with Crippen molar-refractivity contribution in [3.63, 3.8) is 0 Å². The van der Waals surface area contributed by atoms with E-state index in [1.807, 2.05) is 26.4 Å². The van der Waals surface area contributed by atoms with Gasteiger partial charge >= 0.3 is 0 Å². The van der Waals surface area contributed by atoms with Gasteiger partial charge in [-0.25, -0.2) is 0 Å². The van der Waals surface area contributed by atoms with Gasteiger partial charge in [0.1, 0.15) is 0 Å². The number of nitrogens with one attached hydrogen (secondary N) is 1. The molecule has 1 amide bonds. The van der Waals surface area contributed by atoms with E-state index in [2.05, 4.69) is 15.3 Å². The average molecular weight is 265 g/mol. The van der Waals surface area contributed by atoms with Crippen molar-refractivity contribution in [2.45, 2.75) is 19.4 Å². The highest BCUT2D eigenvalue weighted by atomic mass is 16.2. The molecule has 1 aromatic rings. The highest BCUT2D eigenvalue weighted by Crippen LogP contribution is 2.35. The van der Waals surface area contributed by atoms with Gasteiger partial charge in [-0.3, -0.25) is 14.4 Å². The zero-order chi connectivity index (χ0) is 14.0. The van der Waals surface area contributed by atoms with Crippen LogP contribution in [0, 0.1) is 5.41 Å². The maximum absolute atomic E-state index is 11.9. The first kappa shape index (κ1) is 14.0. The molecule has 3 N–H and O–H groups in total. The van der Waals surface area contributed by atoms with Crippen LogP contribution in [-0.4, -0.2) is 47.3 Å². The van der Waals surface area contributed by atoms with Crippen molar-refractivity contribution in [2.24, 2.45) is 18.2 Å². The molecular formula is C13H23N5O. The van der Waals surface area contributed by atoms with Gasteiger partial charge in [-0.15, -0.1) is 0 Å². The number of aryl methyl sites for hydroxylation is 1. The zero-order valence-electron chi connectivity index (χ0n) is 11.9. The fourth-order valence-electron chi connectivity index (χ4n) is 2.86. The second kappa shape index (κ2) is 5.30. The number of nitrogens with zero attached hydrogens (tertiary/aromatic N) is 3. The quantitative estimate of drug-likeness (QED) is 0.795. The van der Waals surface area contributed by atoms with Crippen molar-refractivity contribution in [3.8, 4) is 0 Å². The van der Waals surface area contributed by atoms with E-state index in [1.165, 1.54) is 0 Å². The minimum absolute atomic E-state index is 0.108. The van der Waals surface area contributed by atoms with Crippen LogP contribution >= 0.6 is 0 Å². The van der Waals surface area contributed by atoms with E-state index in [4.69, 9.17) is 5.73 Å². The van der Waals surface area contributed by atoms with Crippen LogP contribution in [-0.2, 0) is 11.8 Å². The van der Waals surface area contributed by atoms with E-state index < -0.39 is 0 Å². The molecule has 0 aromatic carbocycles. The Balaban J connectivity index is 2.12. The van der Waals surface area contributed by atoms with Crippen molar-refractivity contribution in [1.29, 1.82) is 0 Å². The standard InChI is InChI=1S/C13H23N5O/c1-13(12(19)15-2)4-5-18(9-13)11(6-14)10-7-16-17(3)8-10/h7-8,11H,4-6,9,14H2,1-3H3,(H,15,19). The van der Waals surface area contributed by atoms with Crippen LogP contribution in [0.1, 0.15) is 24.9 Å². The monoisotopic (exact) mass is 265 g/mol. The van der Waals surface area contributed by atoms with E-state index in [0.717, 1.165) is 25.1 Å². The molecule has 1 aromatic heterocycles. The lowest BCUT2D eigenvalue weighted by atomic mass is 9.89. The molecule has 19 heavy (non-hydrogen) atoms. The van der Waals surface area contributed by atoms with Gasteiger partial charge in [0.05, 0.1) is 17.7 Å². The van der Waals surface area contributed by atoms with Crippen LogP contribution in [0.3, 0.4) is 0 Å². The van der Waals surface area contributed by atoms with Crippen molar-refractivity contribution in [1.82, 2.24) is 20.0 Å². The fraction of sp³-hybridized carbons (Fsp3) is 0.692. The molecule has 1 aliphatic heterocycles. The molecule has 2 unspecified atom stereocenters. The molecule has 1 fully saturated rings. The number of aromatic nitrogens is 2. The molecule has 0 bridgehead atoms. The Morgan fingerprint density at radius 2 is 2.42 bits per heavy atom. The Morgan fingerprint density at radius 3 is 2.95 bits per heavy atom. The van der Waals surface area contributed by atoms with Crippen LogP contribution in [0.5, 0.6) is 0 Å². The zero-order valence-corrected chi connectivity index (χ0v) is 11.9. The lowest BCUT2D eigenvalue weighted by Crippen LogP contribution is -2.40. The summed E-state index contributed by atoms with van der Waals surface area (Å²) < 4.78 is 1.78. The molecule has 106 valence electrons. The summed E-state index contributed by atoms with van der Waals surface area (Å²) in [4.78, 5) is 14.2. The molecule has 0 radical (unpaired) electrons. The van der Waals surface area contributed by atoms with E-state index in [-0.39, 0.29) is 17.4 Å². The molecular weight excluding hydrogens is 242 g/mol. The number of hydrogen-bond acceptors (Lipinski definition) is 4. The highest BCUT2D eigenvalue weighted by molar-refractivity contribution is 5.82. The average Bonchev–Trinajstić information content (AvgIpc) is 2.98. The van der Waals surface area contributed by atoms with Crippen molar-refractivity contribution in [2.75, 3.05) is 26.7 Å². The maximum atomic E-state index is 11.9. The van der Waals surface area contributed by atoms with Gasteiger partial charge in [0.25, 0.3) is 0 Å². The molecule has 6 heteroatoms. The summed E-state index contributed by atoms with van der Waals surface area (Å²) in [6.45, 7) is 4.18. The number of carbonyl (C=O) groups excluding carboxylic acids is 1. The molecule has 0 aliphatic carbocycles. The van der Waals surface area contributed by atoms with Crippen LogP contribution in [0.25, 0.3) is 0 Å². The summed E-state index contributed by atoms with van der Waals surface area (Å²) in [5.74, 6) is 0.108. The first-order valence-electron chi connectivity index (χ1n) is 6.65. The molecule has 2 atom stereocenters. The largest absolute Gasteiger partial charge is 0.359 e. The predicted octanol–water partition coefficient (Wildman–Crippen LogP) is -0.122. The smallest absolute Gasteiger partial charge is 0.227 e. The third-order valence-electron chi connectivity index (χ3n) is 4.05. The lowest BCUT2D eigenvalue weighted by molar-refractivity contribution is -0.129.